The molecule has 1 aromatic rings. The maximum atomic E-state index is 15.2. The fourth-order valence-electron chi connectivity index (χ4n) is 4.07. The van der Waals surface area contributed by atoms with Gasteiger partial charge in [-0.25, -0.2) is 4.39 Å². The van der Waals surface area contributed by atoms with Gasteiger partial charge in [-0.15, -0.1) is 20.3 Å². The standard InChI is InChI=1S/C25H37ClFN2O2PS/c1-4-7-8-11-14-29(25(31)18-13-10-9-12-17(18)24(28)30)21-16-22(19(26)15-20(21)27)33-23(5-2)32-6-3/h15-16,23,32H,4-14H2,1-3H3,(H2,28,30). The van der Waals surface area contributed by atoms with Gasteiger partial charge in [-0.3, -0.25) is 9.59 Å². The number of carbonyl (C=O) groups is 2. The lowest BCUT2D eigenvalue weighted by Crippen LogP contribution is -2.36. The summed E-state index contributed by atoms with van der Waals surface area (Å²) in [7, 11) is 0.780. The van der Waals surface area contributed by atoms with Crippen LogP contribution in [0.2, 0.25) is 5.02 Å². The predicted octanol–water partition coefficient (Wildman–Crippen LogP) is 7.27. The maximum Gasteiger partial charge on any atom is 0.254 e. The SMILES string of the molecule is CCCCCCN(C(=O)C1=C(C(N)=O)CCCC1)c1cc(SC(CC)PCC)c(Cl)cc1F. The number of nitrogens with zero attached hydrogens (tertiary/aromatic N) is 1. The Morgan fingerprint density at radius 1 is 1.15 bits per heavy atom. The average molecular weight is 515 g/mol. The number of nitrogens with two attached hydrogens (primary N) is 1. The third-order valence-electron chi connectivity index (χ3n) is 5.87. The summed E-state index contributed by atoms with van der Waals surface area (Å²) in [5.41, 5.74) is 6.65. The van der Waals surface area contributed by atoms with E-state index in [-0.39, 0.29) is 11.6 Å². The van der Waals surface area contributed by atoms with Crippen LogP contribution in [-0.4, -0.2) is 29.5 Å². The van der Waals surface area contributed by atoms with Crippen molar-refractivity contribution in [3.8, 4) is 0 Å². The van der Waals surface area contributed by atoms with Crippen LogP contribution in [0.1, 0.15) is 78.6 Å². The lowest BCUT2D eigenvalue weighted by Gasteiger charge is -2.28. The van der Waals surface area contributed by atoms with E-state index in [0.29, 0.717) is 40.5 Å². The van der Waals surface area contributed by atoms with Gasteiger partial charge in [-0.05, 0) is 56.8 Å². The van der Waals surface area contributed by atoms with Crippen molar-refractivity contribution in [2.24, 2.45) is 5.73 Å². The quantitative estimate of drug-likeness (QED) is 0.171. The molecule has 0 saturated heterocycles. The molecule has 0 spiro atoms. The molecule has 1 aromatic carbocycles. The van der Waals surface area contributed by atoms with Gasteiger partial charge in [0.25, 0.3) is 5.91 Å². The van der Waals surface area contributed by atoms with Gasteiger partial charge in [0, 0.05) is 27.6 Å². The van der Waals surface area contributed by atoms with Crippen molar-refractivity contribution in [3.63, 3.8) is 0 Å². The van der Waals surface area contributed by atoms with Gasteiger partial charge in [0.2, 0.25) is 5.91 Å². The van der Waals surface area contributed by atoms with Crippen molar-refractivity contribution >= 4 is 49.4 Å². The summed E-state index contributed by atoms with van der Waals surface area (Å²) in [4.78, 5) is 28.4. The molecule has 2 amide bonds. The second-order valence-electron chi connectivity index (χ2n) is 8.35. The zero-order valence-electron chi connectivity index (χ0n) is 20.0. The van der Waals surface area contributed by atoms with Crippen molar-refractivity contribution < 1.29 is 14.0 Å². The van der Waals surface area contributed by atoms with Crippen LogP contribution in [0.5, 0.6) is 0 Å². The molecule has 0 heterocycles. The summed E-state index contributed by atoms with van der Waals surface area (Å²) in [5, 5.41) is 0.369. The molecule has 0 aromatic heterocycles. The Balaban J connectivity index is 2.47. The molecule has 184 valence electrons. The minimum absolute atomic E-state index is 0.236. The first-order valence-electron chi connectivity index (χ1n) is 12.1. The molecular weight excluding hydrogens is 478 g/mol. The van der Waals surface area contributed by atoms with Crippen LogP contribution in [0, 0.1) is 5.82 Å². The number of benzene rings is 1. The Kier molecular flexibility index (Phi) is 12.2. The number of halogens is 2. The van der Waals surface area contributed by atoms with Gasteiger partial charge < -0.3 is 10.6 Å². The number of hydrogen-bond donors (Lipinski definition) is 1. The first-order chi connectivity index (χ1) is 15.8. The molecule has 0 saturated carbocycles. The van der Waals surface area contributed by atoms with E-state index >= 15 is 4.39 Å². The Morgan fingerprint density at radius 3 is 2.45 bits per heavy atom. The Hall–Kier alpha value is -1.10. The van der Waals surface area contributed by atoms with Crippen molar-refractivity contribution in [3.05, 3.63) is 34.1 Å². The zero-order valence-corrected chi connectivity index (χ0v) is 22.6. The highest BCUT2D eigenvalue weighted by molar-refractivity contribution is 8.04. The van der Waals surface area contributed by atoms with Crippen molar-refractivity contribution in [2.75, 3.05) is 17.6 Å². The second kappa shape index (κ2) is 14.3. The highest BCUT2D eigenvalue weighted by atomic mass is 35.5. The molecule has 0 radical (unpaired) electrons. The van der Waals surface area contributed by atoms with E-state index < -0.39 is 11.7 Å². The van der Waals surface area contributed by atoms with Crippen LogP contribution in [0.4, 0.5) is 10.1 Å². The Labute approximate surface area is 209 Å². The maximum absolute atomic E-state index is 15.2. The molecule has 0 fully saturated rings. The molecule has 8 heteroatoms. The van der Waals surface area contributed by atoms with Crippen LogP contribution in [0.3, 0.4) is 0 Å². The van der Waals surface area contributed by atoms with E-state index in [1.165, 1.54) is 11.0 Å². The Morgan fingerprint density at radius 2 is 1.85 bits per heavy atom. The van der Waals surface area contributed by atoms with Crippen LogP contribution in [0.25, 0.3) is 0 Å². The van der Waals surface area contributed by atoms with E-state index in [9.17, 15) is 9.59 Å². The van der Waals surface area contributed by atoms with E-state index in [1.807, 2.05) is 0 Å². The molecule has 2 unspecified atom stereocenters. The molecule has 1 aliphatic rings. The zero-order chi connectivity index (χ0) is 24.4. The van der Waals surface area contributed by atoms with Crippen LogP contribution in [0.15, 0.2) is 28.2 Å². The highest BCUT2D eigenvalue weighted by Gasteiger charge is 2.29. The molecule has 33 heavy (non-hydrogen) atoms. The average Bonchev–Trinajstić information content (AvgIpc) is 2.80. The van der Waals surface area contributed by atoms with Crippen LogP contribution >= 0.6 is 31.9 Å². The number of primary amides is 1. The molecular formula is C25H37ClFN2O2PS. The molecule has 1 aliphatic carbocycles. The third-order valence-corrected chi connectivity index (χ3v) is 9.63. The number of unbranched alkanes of at least 4 members (excludes halogenated alkanes) is 3. The van der Waals surface area contributed by atoms with Crippen LogP contribution in [-0.2, 0) is 9.59 Å². The third kappa shape index (κ3) is 7.97. The van der Waals surface area contributed by atoms with Gasteiger partial charge in [0.15, 0.2) is 0 Å². The fourth-order valence-corrected chi connectivity index (χ4v) is 7.14. The fraction of sp³-hybridized carbons (Fsp3) is 0.600. The molecule has 0 bridgehead atoms. The molecule has 2 rings (SSSR count). The van der Waals surface area contributed by atoms with Gasteiger partial charge in [-0.2, -0.15) is 0 Å². The summed E-state index contributed by atoms with van der Waals surface area (Å²) in [6, 6.07) is 3.04. The van der Waals surface area contributed by atoms with E-state index in [1.54, 1.807) is 17.8 Å². The van der Waals surface area contributed by atoms with E-state index in [2.05, 4.69) is 20.8 Å². The molecule has 0 aliphatic heterocycles. The summed E-state index contributed by atoms with van der Waals surface area (Å²) in [6.07, 6.45) is 8.56. The number of anilines is 1. The minimum atomic E-state index is -0.553. The molecule has 2 N–H and O–H groups in total. The van der Waals surface area contributed by atoms with Gasteiger partial charge in [0.05, 0.1) is 10.7 Å². The Bertz CT molecular complexity index is 865. The first-order valence-corrected chi connectivity index (χ1v) is 14.6. The van der Waals surface area contributed by atoms with Gasteiger partial charge in [-0.1, -0.05) is 51.6 Å². The molecule has 2 atom stereocenters. The number of thioether (sulfide) groups is 1. The van der Waals surface area contributed by atoms with Crippen molar-refractivity contribution in [1.29, 1.82) is 0 Å². The van der Waals surface area contributed by atoms with E-state index in [0.717, 1.165) is 64.6 Å². The summed E-state index contributed by atoms with van der Waals surface area (Å²) in [5.74, 6) is -1.38. The lowest BCUT2D eigenvalue weighted by molar-refractivity contribution is -0.118. The van der Waals surface area contributed by atoms with Crippen molar-refractivity contribution in [2.45, 2.75) is 88.4 Å². The van der Waals surface area contributed by atoms with Gasteiger partial charge in [0.1, 0.15) is 5.82 Å². The summed E-state index contributed by atoms with van der Waals surface area (Å²) >= 11 is 8.07. The van der Waals surface area contributed by atoms with Crippen molar-refractivity contribution in [1.82, 2.24) is 0 Å². The highest BCUT2D eigenvalue weighted by Crippen LogP contribution is 2.42. The largest absolute Gasteiger partial charge is 0.366 e. The topological polar surface area (TPSA) is 63.4 Å². The predicted molar refractivity (Wildman–Crippen MR) is 141 cm³/mol. The van der Waals surface area contributed by atoms with Crippen LogP contribution < -0.4 is 10.6 Å². The normalized spacial score (nSPS) is 15.3. The van der Waals surface area contributed by atoms with Gasteiger partial charge >= 0.3 is 0 Å². The minimum Gasteiger partial charge on any atom is -0.366 e. The number of rotatable bonds is 13. The van der Waals surface area contributed by atoms with E-state index in [4.69, 9.17) is 17.3 Å². The smallest absolute Gasteiger partial charge is 0.254 e. The molecule has 4 nitrogen and oxygen atoms in total. The number of carbonyl (C=O) groups excluding carboxylic acids is 2. The summed E-state index contributed by atoms with van der Waals surface area (Å²) in [6.45, 7) is 6.82. The first kappa shape index (κ1) is 28.1. The lowest BCUT2D eigenvalue weighted by atomic mass is 9.90. The number of hydrogen-bond acceptors (Lipinski definition) is 3. The monoisotopic (exact) mass is 514 g/mol. The number of amides is 2. The summed E-state index contributed by atoms with van der Waals surface area (Å²) < 4.78 is 15.2. The second-order valence-corrected chi connectivity index (χ2v) is 12.2.